The number of nitrogens with zero attached hydrogens (tertiary/aromatic N) is 1. The van der Waals surface area contributed by atoms with Crippen LogP contribution in [0.1, 0.15) is 5.56 Å². The Bertz CT molecular complexity index is 559. The number of rotatable bonds is 3. The van der Waals surface area contributed by atoms with Crippen molar-refractivity contribution in [1.29, 1.82) is 0 Å². The van der Waals surface area contributed by atoms with Gasteiger partial charge < -0.3 is 15.7 Å². The van der Waals surface area contributed by atoms with Crippen molar-refractivity contribution in [3.63, 3.8) is 0 Å². The van der Waals surface area contributed by atoms with Gasteiger partial charge in [0.1, 0.15) is 5.75 Å². The van der Waals surface area contributed by atoms with Crippen LogP contribution in [0, 0.1) is 0 Å². The summed E-state index contributed by atoms with van der Waals surface area (Å²) in [5.74, 6) is 0.132. The van der Waals surface area contributed by atoms with Gasteiger partial charge in [0.2, 0.25) is 0 Å². The zero-order chi connectivity index (χ0) is 13.1. The van der Waals surface area contributed by atoms with Gasteiger partial charge in [0, 0.05) is 6.54 Å². The van der Waals surface area contributed by atoms with E-state index in [1.807, 2.05) is 32.3 Å². The van der Waals surface area contributed by atoms with Crippen LogP contribution < -0.4 is 5.73 Å². The number of nitrogens with two attached hydrogens (primary N) is 1. The third kappa shape index (κ3) is 4.30. The predicted octanol–water partition coefficient (Wildman–Crippen LogP) is 3.55. The Labute approximate surface area is 132 Å². The Hall–Kier alpha value is -1.42. The topological polar surface area (TPSA) is 49.5 Å². The molecule has 0 aliphatic carbocycles. The van der Waals surface area contributed by atoms with E-state index >= 15 is 0 Å². The van der Waals surface area contributed by atoms with Crippen molar-refractivity contribution < 1.29 is 5.11 Å². The van der Waals surface area contributed by atoms with Crippen LogP contribution in [0.5, 0.6) is 5.75 Å². The smallest absolute Gasteiger partial charge is 0.139 e. The van der Waals surface area contributed by atoms with Crippen LogP contribution in [0.2, 0.25) is 0 Å². The first-order chi connectivity index (χ1) is 8.58. The molecule has 0 amide bonds. The second kappa shape index (κ2) is 8.00. The van der Waals surface area contributed by atoms with E-state index in [9.17, 15) is 5.11 Å². The first-order valence-electron chi connectivity index (χ1n) is 5.89. The van der Waals surface area contributed by atoms with Crippen molar-refractivity contribution in [2.75, 3.05) is 19.8 Å². The molecule has 0 saturated carbocycles. The number of aromatic hydroxyl groups is 1. The molecular weight excluding hydrogens is 295 g/mol. The van der Waals surface area contributed by atoms with Gasteiger partial charge in [-0.1, -0.05) is 30.3 Å². The van der Waals surface area contributed by atoms with Crippen LogP contribution in [0.3, 0.4) is 0 Å². The molecule has 110 valence electrons. The van der Waals surface area contributed by atoms with Crippen molar-refractivity contribution in [3.8, 4) is 16.9 Å². The van der Waals surface area contributed by atoms with Crippen molar-refractivity contribution in [2.45, 2.75) is 6.54 Å². The molecule has 0 radical (unpaired) electrons. The molecule has 2 aromatic carbocycles. The normalized spacial score (nSPS) is 9.75. The van der Waals surface area contributed by atoms with E-state index in [4.69, 9.17) is 5.73 Å². The van der Waals surface area contributed by atoms with Crippen LogP contribution in [0.15, 0.2) is 42.5 Å². The molecule has 0 aliphatic heterocycles. The van der Waals surface area contributed by atoms with Gasteiger partial charge in [0.05, 0.1) is 5.69 Å². The van der Waals surface area contributed by atoms with Gasteiger partial charge in [-0.25, -0.2) is 0 Å². The second-order valence-corrected chi connectivity index (χ2v) is 4.67. The van der Waals surface area contributed by atoms with Gasteiger partial charge in [0.25, 0.3) is 0 Å². The maximum atomic E-state index is 9.70. The number of anilines is 1. The molecule has 3 N–H and O–H groups in total. The highest BCUT2D eigenvalue weighted by Crippen LogP contribution is 2.30. The average molecular weight is 315 g/mol. The quantitative estimate of drug-likeness (QED) is 0.673. The number of benzene rings is 2. The van der Waals surface area contributed by atoms with E-state index in [1.54, 1.807) is 12.1 Å². The molecule has 0 fully saturated rings. The molecule has 0 aromatic heterocycles. The first-order valence-corrected chi connectivity index (χ1v) is 5.89. The van der Waals surface area contributed by atoms with E-state index in [1.165, 1.54) is 5.56 Å². The van der Waals surface area contributed by atoms with Crippen molar-refractivity contribution in [3.05, 3.63) is 48.0 Å². The summed E-state index contributed by atoms with van der Waals surface area (Å²) in [4.78, 5) is 2.12. The van der Waals surface area contributed by atoms with E-state index in [-0.39, 0.29) is 30.6 Å². The lowest BCUT2D eigenvalue weighted by molar-refractivity contribution is 0.403. The van der Waals surface area contributed by atoms with Crippen LogP contribution in [-0.4, -0.2) is 24.1 Å². The molecule has 0 saturated heterocycles. The summed E-state index contributed by atoms with van der Waals surface area (Å²) in [5.41, 5.74) is 9.37. The number of hydrogen-bond acceptors (Lipinski definition) is 3. The molecule has 0 heterocycles. The van der Waals surface area contributed by atoms with Crippen molar-refractivity contribution in [2.24, 2.45) is 0 Å². The number of hydrogen-bond donors (Lipinski definition) is 2. The molecule has 5 heteroatoms. The fourth-order valence-corrected chi connectivity index (χ4v) is 1.99. The molecule has 20 heavy (non-hydrogen) atoms. The fraction of sp³-hybridized carbons (Fsp3) is 0.200. The first kappa shape index (κ1) is 18.6. The van der Waals surface area contributed by atoms with E-state index in [0.717, 1.165) is 17.7 Å². The Morgan fingerprint density at radius 1 is 1.05 bits per heavy atom. The Balaban J connectivity index is 0.00000180. The summed E-state index contributed by atoms with van der Waals surface area (Å²) in [6.45, 7) is 0.862. The minimum Gasteiger partial charge on any atom is -0.506 e. The van der Waals surface area contributed by atoms with Crippen molar-refractivity contribution in [1.82, 2.24) is 4.90 Å². The lowest BCUT2D eigenvalue weighted by atomic mass is 9.99. The minimum absolute atomic E-state index is 0. The van der Waals surface area contributed by atoms with E-state index in [0.29, 0.717) is 5.69 Å². The molecule has 2 aromatic rings. The fourth-order valence-electron chi connectivity index (χ4n) is 1.99. The average Bonchev–Trinajstić information content (AvgIpc) is 2.33. The molecule has 2 rings (SSSR count). The molecule has 3 nitrogen and oxygen atoms in total. The van der Waals surface area contributed by atoms with Gasteiger partial charge in [-0.15, -0.1) is 24.8 Å². The molecular formula is C15H20Cl2N2O. The summed E-state index contributed by atoms with van der Waals surface area (Å²) < 4.78 is 0. The summed E-state index contributed by atoms with van der Waals surface area (Å²) in [6.07, 6.45) is 0. The molecule has 0 aliphatic rings. The van der Waals surface area contributed by atoms with Crippen molar-refractivity contribution >= 4 is 30.5 Å². The molecule has 0 spiro atoms. The monoisotopic (exact) mass is 314 g/mol. The van der Waals surface area contributed by atoms with Gasteiger partial charge in [-0.05, 0) is 42.9 Å². The SMILES string of the molecule is CN(C)Cc1ccccc1-c1ccc(N)c(O)c1.Cl.Cl. The molecule has 0 bridgehead atoms. The van der Waals surface area contributed by atoms with Gasteiger partial charge in [0.15, 0.2) is 0 Å². The van der Waals surface area contributed by atoms with Crippen LogP contribution >= 0.6 is 24.8 Å². The van der Waals surface area contributed by atoms with Gasteiger partial charge >= 0.3 is 0 Å². The largest absolute Gasteiger partial charge is 0.506 e. The Morgan fingerprint density at radius 3 is 2.30 bits per heavy atom. The summed E-state index contributed by atoms with van der Waals surface area (Å²) in [5, 5.41) is 9.70. The number of halogens is 2. The maximum absolute atomic E-state index is 9.70. The predicted molar refractivity (Wildman–Crippen MR) is 89.8 cm³/mol. The molecule has 0 unspecified atom stereocenters. The number of phenols is 1. The zero-order valence-electron chi connectivity index (χ0n) is 11.5. The van der Waals surface area contributed by atoms with Crippen LogP contribution in [0.25, 0.3) is 11.1 Å². The summed E-state index contributed by atoms with van der Waals surface area (Å²) in [7, 11) is 4.08. The Kier molecular flexibility index (Phi) is 7.43. The highest BCUT2D eigenvalue weighted by Gasteiger charge is 2.07. The maximum Gasteiger partial charge on any atom is 0.139 e. The summed E-state index contributed by atoms with van der Waals surface area (Å²) in [6, 6.07) is 13.6. The van der Waals surface area contributed by atoms with Gasteiger partial charge in [-0.3, -0.25) is 0 Å². The second-order valence-electron chi connectivity index (χ2n) is 4.67. The highest BCUT2D eigenvalue weighted by molar-refractivity contribution is 5.85. The lowest BCUT2D eigenvalue weighted by Gasteiger charge is -2.14. The summed E-state index contributed by atoms with van der Waals surface area (Å²) >= 11 is 0. The standard InChI is InChI=1S/C15H18N2O.2ClH/c1-17(2)10-12-5-3-4-6-13(12)11-7-8-14(16)15(18)9-11;;/h3-9,18H,10,16H2,1-2H3;2*1H. The minimum atomic E-state index is 0. The Morgan fingerprint density at radius 2 is 1.70 bits per heavy atom. The highest BCUT2D eigenvalue weighted by atomic mass is 35.5. The zero-order valence-corrected chi connectivity index (χ0v) is 13.2. The van der Waals surface area contributed by atoms with Crippen LogP contribution in [0.4, 0.5) is 5.69 Å². The number of phenolic OH excluding ortho intramolecular Hbond substituents is 1. The van der Waals surface area contributed by atoms with E-state index < -0.39 is 0 Å². The lowest BCUT2D eigenvalue weighted by Crippen LogP contribution is -2.11. The van der Waals surface area contributed by atoms with Gasteiger partial charge in [-0.2, -0.15) is 0 Å². The third-order valence-electron chi connectivity index (χ3n) is 2.85. The van der Waals surface area contributed by atoms with E-state index in [2.05, 4.69) is 17.0 Å². The third-order valence-corrected chi connectivity index (χ3v) is 2.85. The number of nitrogen functional groups attached to an aromatic ring is 1. The molecule has 0 atom stereocenters. The van der Waals surface area contributed by atoms with Crippen LogP contribution in [-0.2, 0) is 6.54 Å².